The van der Waals surface area contributed by atoms with Crippen molar-refractivity contribution in [1.82, 2.24) is 14.8 Å². The van der Waals surface area contributed by atoms with E-state index in [4.69, 9.17) is 0 Å². The molecule has 0 bridgehead atoms. The summed E-state index contributed by atoms with van der Waals surface area (Å²) in [6.07, 6.45) is 4.31. The van der Waals surface area contributed by atoms with Crippen molar-refractivity contribution in [1.29, 1.82) is 0 Å². The Morgan fingerprint density at radius 1 is 1.26 bits per heavy atom. The van der Waals surface area contributed by atoms with Crippen LogP contribution in [0.4, 0.5) is 5.82 Å². The van der Waals surface area contributed by atoms with E-state index in [1.165, 1.54) is 31.6 Å². The topological polar surface area (TPSA) is 31.4 Å². The predicted octanol–water partition coefficient (Wildman–Crippen LogP) is 2.04. The van der Waals surface area contributed by atoms with E-state index in [0.29, 0.717) is 0 Å². The van der Waals surface area contributed by atoms with Gasteiger partial charge in [-0.3, -0.25) is 4.90 Å². The van der Waals surface area contributed by atoms with Crippen LogP contribution in [0.5, 0.6) is 0 Å². The third-order valence-electron chi connectivity index (χ3n) is 3.60. The van der Waals surface area contributed by atoms with E-state index in [0.717, 1.165) is 31.9 Å². The standard InChI is InChI=1S/C15H26N4/c1-3-6-16-15-12-14(5-7-17-15)13-19-9-4-8-18(2)10-11-19/h5,7,12H,3-4,6,8-11,13H2,1-2H3,(H,16,17). The van der Waals surface area contributed by atoms with Crippen LogP contribution >= 0.6 is 0 Å². The lowest BCUT2D eigenvalue weighted by Crippen LogP contribution is -2.28. The van der Waals surface area contributed by atoms with E-state index in [2.05, 4.69) is 46.2 Å². The molecule has 0 radical (unpaired) electrons. The Hall–Kier alpha value is -1.13. The van der Waals surface area contributed by atoms with Crippen molar-refractivity contribution in [3.63, 3.8) is 0 Å². The molecule has 19 heavy (non-hydrogen) atoms. The first-order valence-corrected chi connectivity index (χ1v) is 7.37. The molecule has 1 saturated heterocycles. The van der Waals surface area contributed by atoms with Gasteiger partial charge in [0.2, 0.25) is 0 Å². The molecule has 1 aromatic heterocycles. The van der Waals surface area contributed by atoms with E-state index >= 15 is 0 Å². The largest absolute Gasteiger partial charge is 0.370 e. The lowest BCUT2D eigenvalue weighted by Gasteiger charge is -2.20. The summed E-state index contributed by atoms with van der Waals surface area (Å²) in [4.78, 5) is 9.32. The molecule has 0 aliphatic carbocycles. The maximum absolute atomic E-state index is 4.36. The molecule has 0 spiro atoms. The Bertz CT molecular complexity index is 380. The minimum absolute atomic E-state index is 0.991. The van der Waals surface area contributed by atoms with Gasteiger partial charge in [0.15, 0.2) is 0 Å². The van der Waals surface area contributed by atoms with Crippen LogP contribution < -0.4 is 5.32 Å². The zero-order valence-corrected chi connectivity index (χ0v) is 12.2. The van der Waals surface area contributed by atoms with Crippen LogP contribution in [0.15, 0.2) is 18.3 Å². The molecule has 4 heteroatoms. The summed E-state index contributed by atoms with van der Waals surface area (Å²) in [6.45, 7) is 8.95. The van der Waals surface area contributed by atoms with Gasteiger partial charge in [-0.2, -0.15) is 0 Å². The van der Waals surface area contributed by atoms with Crippen molar-refractivity contribution in [2.45, 2.75) is 26.3 Å². The molecule has 0 saturated carbocycles. The lowest BCUT2D eigenvalue weighted by molar-refractivity contribution is 0.269. The van der Waals surface area contributed by atoms with Crippen molar-refractivity contribution < 1.29 is 0 Å². The van der Waals surface area contributed by atoms with Gasteiger partial charge >= 0.3 is 0 Å². The van der Waals surface area contributed by atoms with E-state index in [9.17, 15) is 0 Å². The first-order chi connectivity index (χ1) is 9.28. The summed E-state index contributed by atoms with van der Waals surface area (Å²) < 4.78 is 0. The fourth-order valence-corrected chi connectivity index (χ4v) is 2.44. The number of anilines is 1. The number of nitrogens with zero attached hydrogens (tertiary/aromatic N) is 3. The van der Waals surface area contributed by atoms with Crippen LogP contribution in [-0.4, -0.2) is 54.6 Å². The summed E-state index contributed by atoms with van der Waals surface area (Å²) >= 11 is 0. The zero-order valence-electron chi connectivity index (χ0n) is 12.2. The third kappa shape index (κ3) is 4.80. The minimum atomic E-state index is 0.991. The Morgan fingerprint density at radius 3 is 3.00 bits per heavy atom. The highest BCUT2D eigenvalue weighted by molar-refractivity contribution is 5.37. The van der Waals surface area contributed by atoms with Crippen LogP contribution in [0.3, 0.4) is 0 Å². The first-order valence-electron chi connectivity index (χ1n) is 7.37. The van der Waals surface area contributed by atoms with E-state index < -0.39 is 0 Å². The lowest BCUT2D eigenvalue weighted by atomic mass is 10.2. The van der Waals surface area contributed by atoms with Crippen LogP contribution in [0.2, 0.25) is 0 Å². The summed E-state index contributed by atoms with van der Waals surface area (Å²) in [5.41, 5.74) is 1.36. The molecule has 0 unspecified atom stereocenters. The molecule has 1 aliphatic heterocycles. The molecule has 1 N–H and O–H groups in total. The Labute approximate surface area is 116 Å². The van der Waals surface area contributed by atoms with Gasteiger partial charge in [-0.1, -0.05) is 6.92 Å². The highest BCUT2D eigenvalue weighted by atomic mass is 15.2. The average molecular weight is 262 g/mol. The van der Waals surface area contributed by atoms with Gasteiger partial charge in [0.05, 0.1) is 0 Å². The zero-order chi connectivity index (χ0) is 13.5. The van der Waals surface area contributed by atoms with Crippen LogP contribution in [0.1, 0.15) is 25.3 Å². The monoisotopic (exact) mass is 262 g/mol. The van der Waals surface area contributed by atoms with Gasteiger partial charge in [-0.15, -0.1) is 0 Å². The minimum Gasteiger partial charge on any atom is -0.370 e. The second-order valence-corrected chi connectivity index (χ2v) is 5.41. The van der Waals surface area contributed by atoms with Gasteiger partial charge in [0.1, 0.15) is 5.82 Å². The Balaban J connectivity index is 1.90. The molecule has 106 valence electrons. The summed E-state index contributed by atoms with van der Waals surface area (Å²) in [5, 5.41) is 3.35. The fourth-order valence-electron chi connectivity index (χ4n) is 2.44. The first kappa shape index (κ1) is 14.3. The highest BCUT2D eigenvalue weighted by Crippen LogP contribution is 2.11. The molecule has 0 aromatic carbocycles. The Kier molecular flexibility index (Phi) is 5.61. The molecule has 1 fully saturated rings. The Morgan fingerprint density at radius 2 is 2.16 bits per heavy atom. The van der Waals surface area contributed by atoms with Gasteiger partial charge in [0, 0.05) is 32.4 Å². The van der Waals surface area contributed by atoms with Gasteiger partial charge in [-0.05, 0) is 50.7 Å². The highest BCUT2D eigenvalue weighted by Gasteiger charge is 2.12. The predicted molar refractivity (Wildman–Crippen MR) is 80.4 cm³/mol. The van der Waals surface area contributed by atoms with E-state index in [-0.39, 0.29) is 0 Å². The maximum atomic E-state index is 4.36. The molecule has 2 heterocycles. The molecule has 1 aliphatic rings. The number of aromatic nitrogens is 1. The summed E-state index contributed by atoms with van der Waals surface area (Å²) in [7, 11) is 2.21. The second-order valence-electron chi connectivity index (χ2n) is 5.41. The smallest absolute Gasteiger partial charge is 0.126 e. The SMILES string of the molecule is CCCNc1cc(CN2CCCN(C)CC2)ccn1. The van der Waals surface area contributed by atoms with Crippen molar-refractivity contribution >= 4 is 5.82 Å². The fraction of sp³-hybridized carbons (Fsp3) is 0.667. The summed E-state index contributed by atoms with van der Waals surface area (Å²) in [6, 6.07) is 4.32. The number of hydrogen-bond acceptors (Lipinski definition) is 4. The number of rotatable bonds is 5. The molecule has 0 atom stereocenters. The van der Waals surface area contributed by atoms with Crippen LogP contribution in [0.25, 0.3) is 0 Å². The summed E-state index contributed by atoms with van der Waals surface area (Å²) in [5.74, 6) is 1.01. The molecule has 4 nitrogen and oxygen atoms in total. The van der Waals surface area contributed by atoms with Crippen molar-refractivity contribution in [3.05, 3.63) is 23.9 Å². The second kappa shape index (κ2) is 7.46. The van der Waals surface area contributed by atoms with Crippen molar-refractivity contribution in [3.8, 4) is 0 Å². The maximum Gasteiger partial charge on any atom is 0.126 e. The van der Waals surface area contributed by atoms with E-state index in [1.807, 2.05) is 6.20 Å². The third-order valence-corrected chi connectivity index (χ3v) is 3.60. The van der Waals surface area contributed by atoms with Crippen LogP contribution in [0, 0.1) is 0 Å². The quantitative estimate of drug-likeness (QED) is 0.880. The van der Waals surface area contributed by atoms with Gasteiger partial charge in [0.25, 0.3) is 0 Å². The van der Waals surface area contributed by atoms with E-state index in [1.54, 1.807) is 0 Å². The number of pyridine rings is 1. The van der Waals surface area contributed by atoms with Gasteiger partial charge < -0.3 is 10.2 Å². The molecule has 2 rings (SSSR count). The molecular weight excluding hydrogens is 236 g/mol. The average Bonchev–Trinajstić information content (AvgIpc) is 2.62. The number of likely N-dealkylation sites (N-methyl/N-ethyl adjacent to an activating group) is 1. The molecule has 1 aromatic rings. The van der Waals surface area contributed by atoms with Crippen molar-refractivity contribution in [2.75, 3.05) is 45.1 Å². The molecule has 0 amide bonds. The number of nitrogens with one attached hydrogen (secondary N) is 1. The normalized spacial score (nSPS) is 18.2. The van der Waals surface area contributed by atoms with Crippen LogP contribution in [-0.2, 0) is 6.54 Å². The molecular formula is C15H26N4. The van der Waals surface area contributed by atoms with Gasteiger partial charge in [-0.25, -0.2) is 4.98 Å². The van der Waals surface area contributed by atoms with Crippen molar-refractivity contribution in [2.24, 2.45) is 0 Å². The number of hydrogen-bond donors (Lipinski definition) is 1.